The van der Waals surface area contributed by atoms with Crippen LogP contribution in [0.3, 0.4) is 0 Å². The van der Waals surface area contributed by atoms with Gasteiger partial charge in [-0.3, -0.25) is 4.79 Å². The Hall–Kier alpha value is -1.17. The van der Waals surface area contributed by atoms with Crippen molar-refractivity contribution >= 4 is 27.3 Å². The maximum absolute atomic E-state index is 13.4. The number of rotatable bonds is 10. The van der Waals surface area contributed by atoms with Gasteiger partial charge in [-0.15, -0.1) is 11.3 Å². The second kappa shape index (κ2) is 9.10. The number of thiophene rings is 1. The number of nitrogens with zero attached hydrogens (tertiary/aromatic N) is 1. The van der Waals surface area contributed by atoms with Gasteiger partial charge in [-0.05, 0) is 30.4 Å². The molecule has 1 aromatic rings. The molecule has 0 bridgehead atoms. The summed E-state index contributed by atoms with van der Waals surface area (Å²) < 4.78 is 75.8. The number of aryl methyl sites for hydroxylation is 1. The molecule has 160 valence electrons. The minimum atomic E-state index is -4.66. The first-order chi connectivity index (χ1) is 12.9. The molecule has 1 saturated heterocycles. The van der Waals surface area contributed by atoms with E-state index in [0.29, 0.717) is 6.61 Å². The summed E-state index contributed by atoms with van der Waals surface area (Å²) in [5.41, 5.74) is -0.121. The van der Waals surface area contributed by atoms with Crippen molar-refractivity contribution < 1.29 is 35.9 Å². The zero-order valence-electron chi connectivity index (χ0n) is 15.9. The Morgan fingerprint density at radius 1 is 1.43 bits per heavy atom. The highest BCUT2D eigenvalue weighted by Gasteiger charge is 2.39. The molecule has 0 radical (unpaired) electrons. The highest BCUT2D eigenvalue weighted by atomic mass is 32.2. The molecule has 1 atom stereocenters. The van der Waals surface area contributed by atoms with E-state index in [9.17, 15) is 26.4 Å². The van der Waals surface area contributed by atoms with E-state index in [2.05, 4.69) is 0 Å². The van der Waals surface area contributed by atoms with Gasteiger partial charge in [0.15, 0.2) is 0 Å². The summed E-state index contributed by atoms with van der Waals surface area (Å²) in [6.45, 7) is 4.55. The van der Waals surface area contributed by atoms with Crippen molar-refractivity contribution in [1.29, 1.82) is 0 Å². The highest BCUT2D eigenvalue weighted by Crippen LogP contribution is 2.41. The van der Waals surface area contributed by atoms with Crippen molar-refractivity contribution in [3.05, 3.63) is 16.5 Å². The van der Waals surface area contributed by atoms with E-state index < -0.39 is 27.0 Å². The molecule has 0 aromatic carbocycles. The number of hydrogen-bond acceptors (Lipinski definition) is 6. The minimum absolute atomic E-state index is 0.0269. The molecule has 1 fully saturated rings. The van der Waals surface area contributed by atoms with Crippen LogP contribution in [0.4, 0.5) is 13.2 Å². The number of alkyl halides is 3. The Balaban J connectivity index is 2.09. The van der Waals surface area contributed by atoms with E-state index >= 15 is 0 Å². The van der Waals surface area contributed by atoms with Gasteiger partial charge in [0.2, 0.25) is 0 Å². The fraction of sp³-hybridized carbons (Fsp3) is 0.706. The molecule has 11 heteroatoms. The van der Waals surface area contributed by atoms with Crippen molar-refractivity contribution in [2.75, 3.05) is 26.8 Å². The lowest BCUT2D eigenvalue weighted by molar-refractivity contribution is -0.144. The third kappa shape index (κ3) is 6.43. The van der Waals surface area contributed by atoms with Gasteiger partial charge in [-0.2, -0.15) is 17.5 Å². The van der Waals surface area contributed by atoms with Gasteiger partial charge in [0.25, 0.3) is 10.0 Å². The summed E-state index contributed by atoms with van der Waals surface area (Å²) in [5, 5.41) is 0. The second-order valence-electron chi connectivity index (χ2n) is 7.09. The van der Waals surface area contributed by atoms with Crippen LogP contribution in [0.2, 0.25) is 0 Å². The smallest absolute Gasteiger partial charge is 0.425 e. The molecule has 1 aromatic heterocycles. The molecule has 2 rings (SSSR count). The number of ether oxygens (including phenoxy) is 2. The van der Waals surface area contributed by atoms with Gasteiger partial charge in [-0.25, -0.2) is 8.42 Å². The summed E-state index contributed by atoms with van der Waals surface area (Å²) in [6.07, 6.45) is -4.82. The molecule has 0 saturated carbocycles. The van der Waals surface area contributed by atoms with Crippen LogP contribution in [0, 0.1) is 5.92 Å². The quantitative estimate of drug-likeness (QED) is 0.410. The number of epoxide rings is 1. The lowest BCUT2D eigenvalue weighted by Gasteiger charge is -2.14. The van der Waals surface area contributed by atoms with Crippen LogP contribution in [-0.2, 0) is 36.9 Å². The maximum atomic E-state index is 13.4. The molecule has 0 unspecified atom stereocenters. The van der Waals surface area contributed by atoms with Gasteiger partial charge >= 0.3 is 12.1 Å². The summed E-state index contributed by atoms with van der Waals surface area (Å²) in [4.78, 5) is 10.7. The molecule has 0 aliphatic carbocycles. The first-order valence-electron chi connectivity index (χ1n) is 8.84. The fourth-order valence-corrected chi connectivity index (χ4v) is 5.25. The predicted octanol–water partition coefficient (Wildman–Crippen LogP) is 3.31. The second-order valence-corrected chi connectivity index (χ2v) is 10.4. The number of carbonyl (C=O) groups excluding carboxylic acids is 1. The van der Waals surface area contributed by atoms with Gasteiger partial charge < -0.3 is 9.47 Å². The van der Waals surface area contributed by atoms with Crippen molar-refractivity contribution in [3.8, 4) is 0 Å². The fourth-order valence-electron chi connectivity index (χ4n) is 2.42. The Labute approximate surface area is 166 Å². The Kier molecular flexibility index (Phi) is 7.51. The number of carbonyl (C=O) groups is 1. The van der Waals surface area contributed by atoms with Crippen LogP contribution in [-0.4, -0.2) is 51.6 Å². The van der Waals surface area contributed by atoms with Crippen LogP contribution >= 0.6 is 11.3 Å². The van der Waals surface area contributed by atoms with E-state index in [1.165, 1.54) is 7.05 Å². The Morgan fingerprint density at radius 2 is 2.07 bits per heavy atom. The third-order valence-electron chi connectivity index (χ3n) is 3.98. The molecule has 0 N–H and O–H groups in total. The predicted molar refractivity (Wildman–Crippen MR) is 97.6 cm³/mol. The number of halogens is 3. The average molecular weight is 444 g/mol. The molecule has 0 spiro atoms. The summed E-state index contributed by atoms with van der Waals surface area (Å²) in [6, 6.07) is 1.06. The molecular weight excluding hydrogens is 419 g/mol. The molecule has 1 aliphatic heterocycles. The minimum Gasteiger partial charge on any atom is -0.465 e. The standard InChI is InChI=1S/C17H24F3NO5S2/c1-11(2)9-26-14(22)6-4-5-12-7-15(27-16(12)17(18,19)20)28(23,24)21(3)8-13-10-25-13/h7,11,13H,4-6,8-10H2,1-3H3/t13-/m0/s1. The normalized spacial score (nSPS) is 17.4. The van der Waals surface area contributed by atoms with Gasteiger partial charge in [-0.1, -0.05) is 13.8 Å². The van der Waals surface area contributed by atoms with E-state index in [1.54, 1.807) is 0 Å². The molecule has 1 aliphatic rings. The summed E-state index contributed by atoms with van der Waals surface area (Å²) in [7, 11) is -2.72. The lowest BCUT2D eigenvalue weighted by Crippen LogP contribution is -2.30. The monoisotopic (exact) mass is 443 g/mol. The molecular formula is C17H24F3NO5S2. The highest BCUT2D eigenvalue weighted by molar-refractivity contribution is 7.91. The van der Waals surface area contributed by atoms with Crippen LogP contribution in [0.5, 0.6) is 0 Å². The SMILES string of the molecule is CC(C)COC(=O)CCCc1cc(S(=O)(=O)N(C)C[C@H]2CO2)sc1C(F)(F)F. The molecule has 28 heavy (non-hydrogen) atoms. The van der Waals surface area contributed by atoms with Gasteiger partial charge in [0.05, 0.1) is 19.3 Å². The van der Waals surface area contributed by atoms with Crippen molar-refractivity contribution in [3.63, 3.8) is 0 Å². The van der Waals surface area contributed by atoms with Crippen LogP contribution in [0.1, 0.15) is 37.1 Å². The van der Waals surface area contributed by atoms with Gasteiger partial charge in [0.1, 0.15) is 9.09 Å². The Morgan fingerprint density at radius 3 is 2.61 bits per heavy atom. The number of esters is 1. The lowest BCUT2D eigenvalue weighted by atomic mass is 10.1. The summed E-state index contributed by atoms with van der Waals surface area (Å²) >= 11 is 0.211. The first kappa shape index (κ1) is 23.1. The number of hydrogen-bond donors (Lipinski definition) is 0. The molecule has 0 amide bonds. The third-order valence-corrected chi connectivity index (χ3v) is 7.47. The molecule has 6 nitrogen and oxygen atoms in total. The largest absolute Gasteiger partial charge is 0.465 e. The summed E-state index contributed by atoms with van der Waals surface area (Å²) in [5.74, 6) is -0.307. The van der Waals surface area contributed by atoms with E-state index in [1.807, 2.05) is 13.8 Å². The Bertz CT molecular complexity index is 785. The zero-order valence-corrected chi connectivity index (χ0v) is 17.5. The zero-order chi connectivity index (χ0) is 21.1. The van der Waals surface area contributed by atoms with Crippen LogP contribution < -0.4 is 0 Å². The van der Waals surface area contributed by atoms with E-state index in [0.717, 1.165) is 10.4 Å². The molecule has 2 heterocycles. The van der Waals surface area contributed by atoms with Gasteiger partial charge in [0, 0.05) is 20.0 Å². The van der Waals surface area contributed by atoms with Crippen molar-refractivity contribution in [2.24, 2.45) is 5.92 Å². The number of likely N-dealkylation sites (N-methyl/N-ethyl adjacent to an activating group) is 1. The van der Waals surface area contributed by atoms with E-state index in [4.69, 9.17) is 9.47 Å². The maximum Gasteiger partial charge on any atom is 0.425 e. The van der Waals surface area contributed by atoms with Crippen molar-refractivity contribution in [1.82, 2.24) is 4.31 Å². The first-order valence-corrected chi connectivity index (χ1v) is 11.1. The van der Waals surface area contributed by atoms with Crippen molar-refractivity contribution in [2.45, 2.75) is 49.6 Å². The van der Waals surface area contributed by atoms with Crippen LogP contribution in [0.25, 0.3) is 0 Å². The topological polar surface area (TPSA) is 76.2 Å². The average Bonchev–Trinajstić information content (AvgIpc) is 3.27. The van der Waals surface area contributed by atoms with Crippen LogP contribution in [0.15, 0.2) is 10.3 Å². The number of sulfonamides is 1. The van der Waals surface area contributed by atoms with E-state index in [-0.39, 0.29) is 65.5 Å².